The summed E-state index contributed by atoms with van der Waals surface area (Å²) in [5, 5.41) is 11.6. The highest BCUT2D eigenvalue weighted by Crippen LogP contribution is 2.37. The Hall–Kier alpha value is -2.21. The molecule has 2 saturated heterocycles. The van der Waals surface area contributed by atoms with Crippen molar-refractivity contribution in [2.75, 3.05) is 26.2 Å². The number of piperidine rings is 1. The Morgan fingerprint density at radius 2 is 1.91 bits per heavy atom. The van der Waals surface area contributed by atoms with E-state index in [4.69, 9.17) is 0 Å². The Morgan fingerprint density at radius 3 is 2.61 bits per heavy atom. The molecule has 2 fully saturated rings. The lowest BCUT2D eigenvalue weighted by molar-refractivity contribution is 0.0602. The average Bonchev–Trinajstić information content (AvgIpc) is 3.26. The first-order valence-corrected chi connectivity index (χ1v) is 8.24. The molecular weight excluding hydrogens is 290 g/mol. The number of nitrogens with zero attached hydrogens (tertiary/aromatic N) is 4. The van der Waals surface area contributed by atoms with Crippen LogP contribution in [-0.4, -0.2) is 52.0 Å². The second kappa shape index (κ2) is 5.77. The largest absolute Gasteiger partial charge is 0.337 e. The minimum Gasteiger partial charge on any atom is -0.337 e. The number of hydrogen-bond acceptors (Lipinski definition) is 4. The molecule has 6 heteroatoms. The van der Waals surface area contributed by atoms with Crippen molar-refractivity contribution in [1.82, 2.24) is 25.2 Å². The first kappa shape index (κ1) is 14.4. The van der Waals surface area contributed by atoms with Crippen LogP contribution in [0.4, 0.5) is 0 Å². The molecule has 23 heavy (non-hydrogen) atoms. The monoisotopic (exact) mass is 311 g/mol. The third kappa shape index (κ3) is 2.74. The standard InChI is InChI=1S/C17H21N5O/c23-16(21-10-7-17(8-11-21)6-9-18-13-17)15-12-22(20-19-15)14-4-2-1-3-5-14/h1-5,12,18H,6-11,13H2. The molecule has 1 amide bonds. The van der Waals surface area contributed by atoms with Gasteiger partial charge < -0.3 is 10.2 Å². The number of carbonyl (C=O) groups excluding carboxylic acids is 1. The van der Waals surface area contributed by atoms with Gasteiger partial charge in [0.25, 0.3) is 5.91 Å². The maximum atomic E-state index is 12.6. The summed E-state index contributed by atoms with van der Waals surface area (Å²) in [6.45, 7) is 3.84. The summed E-state index contributed by atoms with van der Waals surface area (Å²) >= 11 is 0. The zero-order chi connectivity index (χ0) is 15.7. The van der Waals surface area contributed by atoms with Gasteiger partial charge in [0.2, 0.25) is 0 Å². The minimum atomic E-state index is -0.00649. The first-order valence-electron chi connectivity index (χ1n) is 8.24. The normalized spacial score (nSPS) is 20.1. The first-order chi connectivity index (χ1) is 11.3. The predicted molar refractivity (Wildman–Crippen MR) is 86.4 cm³/mol. The topological polar surface area (TPSA) is 63.1 Å². The molecule has 1 aromatic heterocycles. The molecule has 0 unspecified atom stereocenters. The number of carbonyl (C=O) groups is 1. The van der Waals surface area contributed by atoms with Crippen LogP contribution in [0.2, 0.25) is 0 Å². The van der Waals surface area contributed by atoms with E-state index in [1.807, 2.05) is 35.2 Å². The second-order valence-corrected chi connectivity index (χ2v) is 6.60. The smallest absolute Gasteiger partial charge is 0.276 e. The quantitative estimate of drug-likeness (QED) is 0.912. The third-order valence-corrected chi connectivity index (χ3v) is 5.18. The number of likely N-dealkylation sites (tertiary alicyclic amines) is 1. The van der Waals surface area contributed by atoms with E-state index in [2.05, 4.69) is 15.6 Å². The van der Waals surface area contributed by atoms with Crippen LogP contribution >= 0.6 is 0 Å². The average molecular weight is 311 g/mol. The Balaban J connectivity index is 1.45. The van der Waals surface area contributed by atoms with Crippen molar-refractivity contribution in [1.29, 1.82) is 0 Å². The molecule has 2 aliphatic heterocycles. The summed E-state index contributed by atoms with van der Waals surface area (Å²) < 4.78 is 1.65. The molecule has 2 aromatic rings. The molecule has 0 aliphatic carbocycles. The lowest BCUT2D eigenvalue weighted by atomic mass is 9.78. The molecule has 0 radical (unpaired) electrons. The van der Waals surface area contributed by atoms with Crippen LogP contribution < -0.4 is 5.32 Å². The fourth-order valence-corrected chi connectivity index (χ4v) is 3.64. The zero-order valence-electron chi connectivity index (χ0n) is 13.1. The summed E-state index contributed by atoms with van der Waals surface area (Å²) in [5.74, 6) is -0.00649. The third-order valence-electron chi connectivity index (χ3n) is 5.18. The second-order valence-electron chi connectivity index (χ2n) is 6.60. The molecule has 3 heterocycles. The Kier molecular flexibility index (Phi) is 3.61. The number of para-hydroxylation sites is 1. The molecule has 6 nitrogen and oxygen atoms in total. The van der Waals surface area contributed by atoms with Gasteiger partial charge in [-0.05, 0) is 43.4 Å². The molecule has 0 atom stereocenters. The Bertz CT molecular complexity index is 680. The van der Waals surface area contributed by atoms with Crippen molar-refractivity contribution in [3.05, 3.63) is 42.2 Å². The molecule has 2 aliphatic rings. The van der Waals surface area contributed by atoms with Gasteiger partial charge in [0.1, 0.15) is 0 Å². The molecule has 0 bridgehead atoms. The van der Waals surface area contributed by atoms with E-state index >= 15 is 0 Å². The predicted octanol–water partition coefficient (Wildman–Crippen LogP) is 1.48. The van der Waals surface area contributed by atoms with Crippen LogP contribution in [0.1, 0.15) is 29.8 Å². The van der Waals surface area contributed by atoms with Crippen LogP contribution in [-0.2, 0) is 0 Å². The van der Waals surface area contributed by atoms with Crippen molar-refractivity contribution in [2.45, 2.75) is 19.3 Å². The Labute approximate surface area is 135 Å². The lowest BCUT2D eigenvalue weighted by Gasteiger charge is -2.38. The Morgan fingerprint density at radius 1 is 1.13 bits per heavy atom. The number of aromatic nitrogens is 3. The van der Waals surface area contributed by atoms with Crippen molar-refractivity contribution in [2.24, 2.45) is 5.41 Å². The van der Waals surface area contributed by atoms with Gasteiger partial charge in [0, 0.05) is 19.6 Å². The summed E-state index contributed by atoms with van der Waals surface area (Å²) in [4.78, 5) is 14.6. The van der Waals surface area contributed by atoms with Gasteiger partial charge >= 0.3 is 0 Å². The SMILES string of the molecule is O=C(c1cn(-c2ccccc2)nn1)N1CCC2(CCNC2)CC1. The molecule has 0 saturated carbocycles. The molecular formula is C17H21N5O. The van der Waals surface area contributed by atoms with Gasteiger partial charge in [0.15, 0.2) is 5.69 Å². The van der Waals surface area contributed by atoms with E-state index in [-0.39, 0.29) is 5.91 Å². The molecule has 4 rings (SSSR count). The fraction of sp³-hybridized carbons (Fsp3) is 0.471. The highest BCUT2D eigenvalue weighted by molar-refractivity contribution is 5.92. The van der Waals surface area contributed by atoms with Crippen LogP contribution in [0.15, 0.2) is 36.5 Å². The number of rotatable bonds is 2. The van der Waals surface area contributed by atoms with Crippen molar-refractivity contribution in [3.8, 4) is 5.69 Å². The van der Waals surface area contributed by atoms with Gasteiger partial charge in [-0.15, -0.1) is 5.10 Å². The van der Waals surface area contributed by atoms with Gasteiger partial charge in [0.05, 0.1) is 11.9 Å². The van der Waals surface area contributed by atoms with E-state index in [9.17, 15) is 4.79 Å². The van der Waals surface area contributed by atoms with E-state index in [1.54, 1.807) is 10.9 Å². The number of amides is 1. The van der Waals surface area contributed by atoms with E-state index in [1.165, 1.54) is 6.42 Å². The summed E-state index contributed by atoms with van der Waals surface area (Å²) in [5.41, 5.74) is 1.75. The van der Waals surface area contributed by atoms with Crippen LogP contribution in [0.5, 0.6) is 0 Å². The molecule has 120 valence electrons. The summed E-state index contributed by atoms with van der Waals surface area (Å²) in [7, 11) is 0. The van der Waals surface area contributed by atoms with Crippen LogP contribution in [0, 0.1) is 5.41 Å². The zero-order valence-corrected chi connectivity index (χ0v) is 13.1. The fourth-order valence-electron chi connectivity index (χ4n) is 3.64. The van der Waals surface area contributed by atoms with E-state index in [0.717, 1.165) is 44.7 Å². The highest BCUT2D eigenvalue weighted by Gasteiger charge is 2.38. The summed E-state index contributed by atoms with van der Waals surface area (Å²) in [6.07, 6.45) is 5.12. The number of hydrogen-bond donors (Lipinski definition) is 1. The maximum Gasteiger partial charge on any atom is 0.276 e. The highest BCUT2D eigenvalue weighted by atomic mass is 16.2. The number of benzene rings is 1. The van der Waals surface area contributed by atoms with Crippen LogP contribution in [0.25, 0.3) is 5.69 Å². The molecule has 1 spiro atoms. The van der Waals surface area contributed by atoms with Crippen molar-refractivity contribution >= 4 is 5.91 Å². The van der Waals surface area contributed by atoms with Gasteiger partial charge in [-0.2, -0.15) is 0 Å². The number of nitrogens with one attached hydrogen (secondary N) is 1. The lowest BCUT2D eigenvalue weighted by Crippen LogP contribution is -2.44. The van der Waals surface area contributed by atoms with Gasteiger partial charge in [-0.25, -0.2) is 4.68 Å². The van der Waals surface area contributed by atoms with Crippen molar-refractivity contribution in [3.63, 3.8) is 0 Å². The molecule has 1 aromatic carbocycles. The van der Waals surface area contributed by atoms with E-state index < -0.39 is 0 Å². The van der Waals surface area contributed by atoms with Crippen LogP contribution in [0.3, 0.4) is 0 Å². The minimum absolute atomic E-state index is 0.00649. The van der Waals surface area contributed by atoms with Crippen molar-refractivity contribution < 1.29 is 4.79 Å². The van der Waals surface area contributed by atoms with E-state index in [0.29, 0.717) is 11.1 Å². The molecule has 1 N–H and O–H groups in total. The maximum absolute atomic E-state index is 12.6. The van der Waals surface area contributed by atoms with Gasteiger partial charge in [-0.1, -0.05) is 23.4 Å². The van der Waals surface area contributed by atoms with Gasteiger partial charge in [-0.3, -0.25) is 4.79 Å². The summed E-state index contributed by atoms with van der Waals surface area (Å²) in [6, 6.07) is 9.73.